The average Bonchev–Trinajstić information content (AvgIpc) is 2.83. The fourth-order valence-corrected chi connectivity index (χ4v) is 3.43. The summed E-state index contributed by atoms with van der Waals surface area (Å²) in [5.41, 5.74) is 9.00. The second kappa shape index (κ2) is 8.44. The molecule has 1 aliphatic heterocycles. The Balaban J connectivity index is 2.26. The number of nitrogens with two attached hydrogens (primary N) is 2. The fourth-order valence-electron chi connectivity index (χ4n) is 3.26. The summed E-state index contributed by atoms with van der Waals surface area (Å²) in [5.74, 6) is 5.42. The third-order valence-corrected chi connectivity index (χ3v) is 5.24. The van der Waals surface area contributed by atoms with Gasteiger partial charge in [-0.25, -0.2) is 0 Å². The van der Waals surface area contributed by atoms with Gasteiger partial charge in [-0.15, -0.1) is 0 Å². The van der Waals surface area contributed by atoms with E-state index in [1.165, 1.54) is 0 Å². The SMILES string of the molecule is CCC(C)C1N=C(c2ccccc2)c2cc(Cl)ccc2N(C/C(N)=N/N)C1=O. The molecule has 1 heterocycles. The zero-order valence-electron chi connectivity index (χ0n) is 16.0. The molecule has 6 nitrogen and oxygen atoms in total. The van der Waals surface area contributed by atoms with Gasteiger partial charge in [-0.3, -0.25) is 9.79 Å². The molecule has 2 aromatic rings. The van der Waals surface area contributed by atoms with Gasteiger partial charge >= 0.3 is 0 Å². The number of hydrazone groups is 1. The predicted molar refractivity (Wildman–Crippen MR) is 115 cm³/mol. The highest BCUT2D eigenvalue weighted by molar-refractivity contribution is 6.32. The van der Waals surface area contributed by atoms with Gasteiger partial charge in [-0.05, 0) is 24.1 Å². The molecule has 4 N–H and O–H groups in total. The maximum atomic E-state index is 13.5. The monoisotopic (exact) mass is 397 g/mol. The van der Waals surface area contributed by atoms with E-state index in [1.54, 1.807) is 11.0 Å². The third-order valence-electron chi connectivity index (χ3n) is 5.01. The Morgan fingerprint density at radius 3 is 2.64 bits per heavy atom. The molecule has 146 valence electrons. The van der Waals surface area contributed by atoms with E-state index >= 15 is 0 Å². The molecule has 0 spiro atoms. The number of hydrogen-bond donors (Lipinski definition) is 2. The molecule has 0 radical (unpaired) electrons. The molecule has 0 fully saturated rings. The summed E-state index contributed by atoms with van der Waals surface area (Å²) < 4.78 is 0. The molecular formula is C21H24ClN5O. The predicted octanol–water partition coefficient (Wildman–Crippen LogP) is 3.17. The Morgan fingerprint density at radius 2 is 2.00 bits per heavy atom. The van der Waals surface area contributed by atoms with Gasteiger partial charge in [-0.2, -0.15) is 5.10 Å². The first-order valence-corrected chi connectivity index (χ1v) is 9.60. The topological polar surface area (TPSA) is 97.1 Å². The number of halogens is 1. The molecule has 0 saturated heterocycles. The molecule has 1 amide bonds. The van der Waals surface area contributed by atoms with E-state index in [2.05, 4.69) is 5.10 Å². The molecule has 0 saturated carbocycles. The Hall–Kier alpha value is -2.86. The van der Waals surface area contributed by atoms with E-state index in [4.69, 9.17) is 28.2 Å². The van der Waals surface area contributed by atoms with Gasteiger partial charge < -0.3 is 16.5 Å². The van der Waals surface area contributed by atoms with Crippen LogP contribution in [0.5, 0.6) is 0 Å². The van der Waals surface area contributed by atoms with E-state index in [1.807, 2.05) is 56.3 Å². The number of carbonyl (C=O) groups is 1. The average molecular weight is 398 g/mol. The van der Waals surface area contributed by atoms with E-state index in [-0.39, 0.29) is 24.2 Å². The van der Waals surface area contributed by atoms with Crippen LogP contribution in [0.3, 0.4) is 0 Å². The molecule has 0 bridgehead atoms. The van der Waals surface area contributed by atoms with Crippen molar-refractivity contribution in [2.75, 3.05) is 11.4 Å². The van der Waals surface area contributed by atoms with Gasteiger partial charge in [0.1, 0.15) is 11.9 Å². The van der Waals surface area contributed by atoms with Crippen molar-refractivity contribution in [3.8, 4) is 0 Å². The zero-order chi connectivity index (χ0) is 20.3. The maximum Gasteiger partial charge on any atom is 0.252 e. The van der Waals surface area contributed by atoms with E-state index < -0.39 is 6.04 Å². The number of nitrogens with zero attached hydrogens (tertiary/aromatic N) is 3. The van der Waals surface area contributed by atoms with Crippen LogP contribution in [0.2, 0.25) is 5.02 Å². The molecule has 3 rings (SSSR count). The second-order valence-electron chi connectivity index (χ2n) is 6.88. The molecule has 2 aromatic carbocycles. The first-order valence-electron chi connectivity index (χ1n) is 9.23. The van der Waals surface area contributed by atoms with Crippen LogP contribution in [0.15, 0.2) is 58.6 Å². The van der Waals surface area contributed by atoms with Crippen LogP contribution in [0.1, 0.15) is 31.4 Å². The quantitative estimate of drug-likeness (QED) is 0.351. The number of fused-ring (bicyclic) bond motifs is 1. The van der Waals surface area contributed by atoms with Crippen molar-refractivity contribution < 1.29 is 4.79 Å². The van der Waals surface area contributed by atoms with Gasteiger partial charge in [0.15, 0.2) is 0 Å². The Bertz CT molecular complexity index is 926. The van der Waals surface area contributed by atoms with E-state index in [0.29, 0.717) is 10.7 Å². The fraction of sp³-hybridized carbons (Fsp3) is 0.286. The number of rotatable bonds is 5. The lowest BCUT2D eigenvalue weighted by Crippen LogP contribution is -2.45. The van der Waals surface area contributed by atoms with Crippen molar-refractivity contribution in [1.82, 2.24) is 0 Å². The number of amides is 1. The highest BCUT2D eigenvalue weighted by Crippen LogP contribution is 2.32. The highest BCUT2D eigenvalue weighted by Gasteiger charge is 2.35. The second-order valence-corrected chi connectivity index (χ2v) is 7.32. The molecule has 28 heavy (non-hydrogen) atoms. The van der Waals surface area contributed by atoms with Crippen molar-refractivity contribution in [1.29, 1.82) is 0 Å². The van der Waals surface area contributed by atoms with E-state index in [0.717, 1.165) is 23.3 Å². The first-order chi connectivity index (χ1) is 13.5. The molecule has 2 atom stereocenters. The molecule has 2 unspecified atom stereocenters. The largest absolute Gasteiger partial charge is 0.384 e. The Labute approximate surface area is 169 Å². The van der Waals surface area contributed by atoms with Crippen LogP contribution in [-0.2, 0) is 4.79 Å². The minimum Gasteiger partial charge on any atom is -0.384 e. The lowest BCUT2D eigenvalue weighted by atomic mass is 9.98. The van der Waals surface area contributed by atoms with Crippen LogP contribution >= 0.6 is 11.6 Å². The van der Waals surface area contributed by atoms with Crippen LogP contribution in [0.25, 0.3) is 0 Å². The van der Waals surface area contributed by atoms with Crippen LogP contribution in [-0.4, -0.2) is 30.0 Å². The first kappa shape index (κ1) is 19.9. The summed E-state index contributed by atoms with van der Waals surface area (Å²) in [6, 6.07) is 14.7. The van der Waals surface area contributed by atoms with Crippen molar-refractivity contribution in [2.45, 2.75) is 26.3 Å². The van der Waals surface area contributed by atoms with Crippen LogP contribution in [0, 0.1) is 5.92 Å². The van der Waals surface area contributed by atoms with Crippen molar-refractivity contribution in [3.63, 3.8) is 0 Å². The van der Waals surface area contributed by atoms with Gasteiger partial charge in [0.05, 0.1) is 17.9 Å². The number of anilines is 1. The number of carbonyl (C=O) groups excluding carboxylic acids is 1. The van der Waals surface area contributed by atoms with Crippen LogP contribution < -0.4 is 16.5 Å². The Morgan fingerprint density at radius 1 is 1.29 bits per heavy atom. The van der Waals surface area contributed by atoms with Crippen molar-refractivity contribution in [2.24, 2.45) is 27.6 Å². The molecule has 0 aromatic heterocycles. The standard InChI is InChI=1S/C21H24ClN5O/c1-3-13(2)19-21(28)27(12-18(23)26-24)17-10-9-15(22)11-16(17)20(25-19)14-7-5-4-6-8-14/h4-11,13,19H,3,12,24H2,1-2H3,(H2,23,26). The van der Waals surface area contributed by atoms with Gasteiger partial charge in [0.2, 0.25) is 0 Å². The van der Waals surface area contributed by atoms with Crippen molar-refractivity contribution >= 4 is 34.7 Å². The number of hydrogen-bond acceptors (Lipinski definition) is 4. The van der Waals surface area contributed by atoms with Crippen molar-refractivity contribution in [3.05, 3.63) is 64.7 Å². The summed E-state index contributed by atoms with van der Waals surface area (Å²) in [7, 11) is 0. The third kappa shape index (κ3) is 3.87. The maximum absolute atomic E-state index is 13.5. The Kier molecular flexibility index (Phi) is 5.99. The van der Waals surface area contributed by atoms with E-state index in [9.17, 15) is 4.79 Å². The number of aliphatic imine (C=N–C) groups is 1. The number of amidine groups is 1. The smallest absolute Gasteiger partial charge is 0.252 e. The lowest BCUT2D eigenvalue weighted by Gasteiger charge is -2.26. The normalized spacial score (nSPS) is 18.3. The molecule has 0 aliphatic carbocycles. The highest BCUT2D eigenvalue weighted by atomic mass is 35.5. The van der Waals surface area contributed by atoms with Crippen LogP contribution in [0.4, 0.5) is 5.69 Å². The molecule has 1 aliphatic rings. The minimum atomic E-state index is -0.544. The molecule has 7 heteroatoms. The summed E-state index contributed by atoms with van der Waals surface area (Å²) in [5, 5.41) is 4.11. The zero-order valence-corrected chi connectivity index (χ0v) is 16.7. The summed E-state index contributed by atoms with van der Waals surface area (Å²) in [6.07, 6.45) is 0.813. The molecular weight excluding hydrogens is 374 g/mol. The number of benzene rings is 2. The van der Waals surface area contributed by atoms with Gasteiger partial charge in [0, 0.05) is 16.1 Å². The van der Waals surface area contributed by atoms with Gasteiger partial charge in [-0.1, -0.05) is 62.2 Å². The minimum absolute atomic E-state index is 0.0505. The summed E-state index contributed by atoms with van der Waals surface area (Å²) in [4.78, 5) is 20.0. The van der Waals surface area contributed by atoms with Gasteiger partial charge in [0.25, 0.3) is 5.91 Å². The number of benzodiazepines with no additional fused rings is 1. The summed E-state index contributed by atoms with van der Waals surface area (Å²) in [6.45, 7) is 4.16. The lowest BCUT2D eigenvalue weighted by molar-refractivity contribution is -0.120. The summed E-state index contributed by atoms with van der Waals surface area (Å²) >= 11 is 6.30.